The quantitative estimate of drug-likeness (QED) is 0.338. The van der Waals surface area contributed by atoms with Crippen LogP contribution < -0.4 is 15.6 Å². The molecule has 3 aromatic carbocycles. The van der Waals surface area contributed by atoms with E-state index in [2.05, 4.69) is 17.4 Å². The Bertz CT molecular complexity index is 1410. The predicted molar refractivity (Wildman–Crippen MR) is 132 cm³/mol. The van der Waals surface area contributed by atoms with Gasteiger partial charge in [-0.05, 0) is 66.8 Å². The number of ether oxygens (including phenoxy) is 1. The first kappa shape index (κ1) is 21.3. The lowest BCUT2D eigenvalue weighted by Gasteiger charge is -2.14. The SMILES string of the molecule is COc1cccc(-n2c(SCC(=O)Nc3ccc4c(c3)CCC4)nc3ccccc3c2=O)c1. The van der Waals surface area contributed by atoms with Crippen molar-refractivity contribution in [3.8, 4) is 11.4 Å². The number of carbonyl (C=O) groups excluding carboxylic acids is 1. The summed E-state index contributed by atoms with van der Waals surface area (Å²) in [6.07, 6.45) is 3.33. The maximum Gasteiger partial charge on any atom is 0.266 e. The summed E-state index contributed by atoms with van der Waals surface area (Å²) in [4.78, 5) is 30.8. The van der Waals surface area contributed by atoms with E-state index in [1.165, 1.54) is 27.5 Å². The summed E-state index contributed by atoms with van der Waals surface area (Å²) in [5.41, 5.74) is 4.53. The molecule has 0 saturated carbocycles. The van der Waals surface area contributed by atoms with Crippen molar-refractivity contribution in [1.29, 1.82) is 0 Å². The van der Waals surface area contributed by atoms with Crippen LogP contribution in [-0.4, -0.2) is 28.3 Å². The molecule has 33 heavy (non-hydrogen) atoms. The van der Waals surface area contributed by atoms with Crippen molar-refractivity contribution in [2.75, 3.05) is 18.2 Å². The monoisotopic (exact) mass is 457 g/mol. The van der Waals surface area contributed by atoms with E-state index in [1.54, 1.807) is 25.3 Å². The van der Waals surface area contributed by atoms with E-state index in [9.17, 15) is 9.59 Å². The van der Waals surface area contributed by atoms with Crippen LogP contribution in [0.15, 0.2) is 76.7 Å². The second kappa shape index (κ2) is 9.11. The zero-order valence-corrected chi connectivity index (χ0v) is 19.0. The molecule has 6 nitrogen and oxygen atoms in total. The van der Waals surface area contributed by atoms with Crippen molar-refractivity contribution in [1.82, 2.24) is 9.55 Å². The van der Waals surface area contributed by atoms with Crippen molar-refractivity contribution >= 4 is 34.3 Å². The Morgan fingerprint density at radius 1 is 1.06 bits per heavy atom. The predicted octanol–water partition coefficient (Wildman–Crippen LogP) is 4.61. The number of anilines is 1. The van der Waals surface area contributed by atoms with Crippen LogP contribution in [0.5, 0.6) is 5.75 Å². The number of hydrogen-bond donors (Lipinski definition) is 1. The van der Waals surface area contributed by atoms with Gasteiger partial charge in [0.2, 0.25) is 5.91 Å². The molecule has 0 aliphatic heterocycles. The first-order valence-electron chi connectivity index (χ1n) is 10.8. The highest BCUT2D eigenvalue weighted by Gasteiger charge is 2.16. The molecule has 0 radical (unpaired) electrons. The Labute approximate surface area is 195 Å². The van der Waals surface area contributed by atoms with Gasteiger partial charge in [-0.15, -0.1) is 0 Å². The number of hydrogen-bond acceptors (Lipinski definition) is 5. The van der Waals surface area contributed by atoms with E-state index >= 15 is 0 Å². The summed E-state index contributed by atoms with van der Waals surface area (Å²) in [5.74, 6) is 0.627. The topological polar surface area (TPSA) is 73.2 Å². The molecule has 1 heterocycles. The number of nitrogens with zero attached hydrogens (tertiary/aromatic N) is 2. The molecule has 0 atom stereocenters. The summed E-state index contributed by atoms with van der Waals surface area (Å²) >= 11 is 1.24. The van der Waals surface area contributed by atoms with Crippen LogP contribution in [0.3, 0.4) is 0 Å². The zero-order valence-electron chi connectivity index (χ0n) is 18.2. The van der Waals surface area contributed by atoms with Crippen molar-refractivity contribution in [3.05, 3.63) is 88.2 Å². The number of aryl methyl sites for hydroxylation is 2. The molecule has 0 spiro atoms. The van der Waals surface area contributed by atoms with Gasteiger partial charge in [0.1, 0.15) is 5.75 Å². The molecule has 1 aromatic heterocycles. The summed E-state index contributed by atoms with van der Waals surface area (Å²) in [7, 11) is 1.58. The smallest absolute Gasteiger partial charge is 0.266 e. The third kappa shape index (κ3) is 4.36. The molecular formula is C26H23N3O3S. The molecule has 7 heteroatoms. The van der Waals surface area contributed by atoms with Gasteiger partial charge in [0.05, 0.1) is 29.5 Å². The molecule has 5 rings (SSSR count). The van der Waals surface area contributed by atoms with E-state index in [0.29, 0.717) is 27.5 Å². The number of methoxy groups -OCH3 is 1. The van der Waals surface area contributed by atoms with Gasteiger partial charge in [0.25, 0.3) is 5.56 Å². The standard InChI is InChI=1S/C26H23N3O3S/c1-32-21-9-5-8-20(15-21)29-25(31)22-10-2-3-11-23(22)28-26(29)33-16-24(30)27-19-13-12-17-6-4-7-18(17)14-19/h2-3,5,8-15H,4,6-7,16H2,1H3,(H,27,30). The van der Waals surface area contributed by atoms with Gasteiger partial charge in [-0.3, -0.25) is 14.2 Å². The number of benzene rings is 3. The normalized spacial score (nSPS) is 12.5. The lowest BCUT2D eigenvalue weighted by atomic mass is 10.1. The second-order valence-electron chi connectivity index (χ2n) is 7.93. The van der Waals surface area contributed by atoms with Crippen LogP contribution in [0.25, 0.3) is 16.6 Å². The van der Waals surface area contributed by atoms with Gasteiger partial charge in [-0.2, -0.15) is 0 Å². The first-order chi connectivity index (χ1) is 16.1. The minimum Gasteiger partial charge on any atom is -0.497 e. The number of amides is 1. The van der Waals surface area contributed by atoms with Crippen molar-refractivity contribution in [3.63, 3.8) is 0 Å². The van der Waals surface area contributed by atoms with E-state index in [4.69, 9.17) is 9.72 Å². The Morgan fingerprint density at radius 3 is 2.79 bits per heavy atom. The third-order valence-electron chi connectivity index (χ3n) is 5.77. The number of aromatic nitrogens is 2. The van der Waals surface area contributed by atoms with Crippen LogP contribution >= 0.6 is 11.8 Å². The Hall–Kier alpha value is -3.58. The van der Waals surface area contributed by atoms with Crippen LogP contribution in [0.4, 0.5) is 5.69 Å². The average Bonchev–Trinajstić information content (AvgIpc) is 3.31. The van der Waals surface area contributed by atoms with Crippen LogP contribution in [0.1, 0.15) is 17.5 Å². The minimum atomic E-state index is -0.185. The van der Waals surface area contributed by atoms with E-state index in [1.807, 2.05) is 36.4 Å². The molecule has 0 bridgehead atoms. The fourth-order valence-corrected chi connectivity index (χ4v) is 4.98. The second-order valence-corrected chi connectivity index (χ2v) is 8.87. The van der Waals surface area contributed by atoms with Gasteiger partial charge in [-0.25, -0.2) is 4.98 Å². The Kier molecular flexibility index (Phi) is 5.88. The number of nitrogens with one attached hydrogen (secondary N) is 1. The number of carbonyl (C=O) groups is 1. The molecule has 1 aliphatic carbocycles. The molecule has 0 fully saturated rings. The molecule has 0 saturated heterocycles. The zero-order chi connectivity index (χ0) is 22.8. The molecule has 166 valence electrons. The molecule has 0 unspecified atom stereocenters. The van der Waals surface area contributed by atoms with E-state index in [0.717, 1.165) is 24.9 Å². The van der Waals surface area contributed by atoms with Gasteiger partial charge in [-0.1, -0.05) is 36.0 Å². The largest absolute Gasteiger partial charge is 0.497 e. The summed E-state index contributed by atoms with van der Waals surface area (Å²) < 4.78 is 6.87. The van der Waals surface area contributed by atoms with Gasteiger partial charge in [0, 0.05) is 11.8 Å². The Balaban J connectivity index is 1.44. The van der Waals surface area contributed by atoms with E-state index in [-0.39, 0.29) is 17.2 Å². The van der Waals surface area contributed by atoms with Crippen LogP contribution in [0, 0.1) is 0 Å². The fourth-order valence-electron chi connectivity index (χ4n) is 4.16. The van der Waals surface area contributed by atoms with Crippen LogP contribution in [-0.2, 0) is 17.6 Å². The highest BCUT2D eigenvalue weighted by atomic mass is 32.2. The maximum absolute atomic E-state index is 13.4. The minimum absolute atomic E-state index is 0.131. The number of rotatable bonds is 6. The lowest BCUT2D eigenvalue weighted by molar-refractivity contribution is -0.113. The van der Waals surface area contributed by atoms with Crippen molar-refractivity contribution in [2.45, 2.75) is 24.4 Å². The van der Waals surface area contributed by atoms with E-state index < -0.39 is 0 Å². The molecule has 1 amide bonds. The fraction of sp³-hybridized carbons (Fsp3) is 0.192. The van der Waals surface area contributed by atoms with Gasteiger partial charge in [0.15, 0.2) is 5.16 Å². The summed E-state index contributed by atoms with van der Waals surface area (Å²) in [6, 6.07) is 20.6. The van der Waals surface area contributed by atoms with Crippen LogP contribution in [0.2, 0.25) is 0 Å². The highest BCUT2D eigenvalue weighted by molar-refractivity contribution is 7.99. The average molecular weight is 458 g/mol. The van der Waals surface area contributed by atoms with Crippen molar-refractivity contribution < 1.29 is 9.53 Å². The lowest BCUT2D eigenvalue weighted by Crippen LogP contribution is -2.23. The first-order valence-corrected chi connectivity index (χ1v) is 11.8. The summed E-state index contributed by atoms with van der Waals surface area (Å²) in [6.45, 7) is 0. The number of thioether (sulfide) groups is 1. The van der Waals surface area contributed by atoms with Gasteiger partial charge >= 0.3 is 0 Å². The molecule has 1 N–H and O–H groups in total. The highest BCUT2D eigenvalue weighted by Crippen LogP contribution is 2.26. The third-order valence-corrected chi connectivity index (χ3v) is 6.71. The number of fused-ring (bicyclic) bond motifs is 2. The van der Waals surface area contributed by atoms with Crippen molar-refractivity contribution in [2.24, 2.45) is 0 Å². The Morgan fingerprint density at radius 2 is 1.91 bits per heavy atom. The molecule has 1 aliphatic rings. The number of para-hydroxylation sites is 1. The molecular weight excluding hydrogens is 434 g/mol. The summed E-state index contributed by atoms with van der Waals surface area (Å²) in [5, 5.41) is 3.95. The molecule has 4 aromatic rings. The maximum atomic E-state index is 13.4. The van der Waals surface area contributed by atoms with Gasteiger partial charge < -0.3 is 10.1 Å².